The van der Waals surface area contributed by atoms with Crippen molar-refractivity contribution in [1.29, 1.82) is 0 Å². The van der Waals surface area contributed by atoms with Crippen LogP contribution in [0.3, 0.4) is 0 Å². The molecule has 0 heterocycles. The van der Waals surface area contributed by atoms with Crippen molar-refractivity contribution in [1.82, 2.24) is 0 Å². The third-order valence-electron chi connectivity index (χ3n) is 1.63. The number of carbonyl (C=O) groups is 1. The lowest BCUT2D eigenvalue weighted by Crippen LogP contribution is -2.09. The van der Waals surface area contributed by atoms with Gasteiger partial charge in [-0.25, -0.2) is 8.78 Å². The first-order valence-electron chi connectivity index (χ1n) is 4.12. The van der Waals surface area contributed by atoms with E-state index in [1.54, 1.807) is 18.2 Å². The Morgan fingerprint density at radius 3 is 2.64 bits per heavy atom. The van der Waals surface area contributed by atoms with Gasteiger partial charge in [0.1, 0.15) is 12.4 Å². The third kappa shape index (κ3) is 2.80. The molecule has 4 heteroatoms. The molecule has 2 nitrogen and oxygen atoms in total. The van der Waals surface area contributed by atoms with Gasteiger partial charge < -0.3 is 4.74 Å². The molecule has 1 aromatic rings. The van der Waals surface area contributed by atoms with Crippen molar-refractivity contribution in [2.45, 2.75) is 13.3 Å². The first-order valence-corrected chi connectivity index (χ1v) is 4.12. The summed E-state index contributed by atoms with van der Waals surface area (Å²) >= 11 is 0. The summed E-state index contributed by atoms with van der Waals surface area (Å²) in [6, 6.07) is 6.33. The standard InChI is InChI=1S/C10H10F2O2/c1-7(13)8-4-2-3-5-9(8)14-6-10(11)12/h2-5,10H,6H2,1H3. The van der Waals surface area contributed by atoms with Gasteiger partial charge in [0.25, 0.3) is 6.43 Å². The molecule has 0 unspecified atom stereocenters. The van der Waals surface area contributed by atoms with E-state index in [1.807, 2.05) is 0 Å². The molecule has 0 radical (unpaired) electrons. The van der Waals surface area contributed by atoms with Crippen molar-refractivity contribution in [3.05, 3.63) is 29.8 Å². The highest BCUT2D eigenvalue weighted by atomic mass is 19.3. The Hall–Kier alpha value is -1.45. The minimum absolute atomic E-state index is 0.199. The van der Waals surface area contributed by atoms with Crippen LogP contribution in [-0.2, 0) is 0 Å². The van der Waals surface area contributed by atoms with E-state index in [0.29, 0.717) is 5.56 Å². The fourth-order valence-corrected chi connectivity index (χ4v) is 1.04. The summed E-state index contributed by atoms with van der Waals surface area (Å²) in [7, 11) is 0. The van der Waals surface area contributed by atoms with Crippen molar-refractivity contribution in [3.8, 4) is 5.75 Å². The maximum absolute atomic E-state index is 11.8. The lowest BCUT2D eigenvalue weighted by molar-refractivity contribution is 0.0802. The van der Waals surface area contributed by atoms with Crippen molar-refractivity contribution < 1.29 is 18.3 Å². The smallest absolute Gasteiger partial charge is 0.272 e. The Labute approximate surface area is 80.5 Å². The molecule has 0 aliphatic rings. The van der Waals surface area contributed by atoms with Crippen LogP contribution in [0.2, 0.25) is 0 Å². The van der Waals surface area contributed by atoms with Crippen LogP contribution in [0.5, 0.6) is 5.75 Å². The molecule has 0 bridgehead atoms. The summed E-state index contributed by atoms with van der Waals surface area (Å²) in [4.78, 5) is 11.0. The summed E-state index contributed by atoms with van der Waals surface area (Å²) in [5.41, 5.74) is 0.327. The summed E-state index contributed by atoms with van der Waals surface area (Å²) in [5, 5.41) is 0. The molecule has 0 N–H and O–H groups in total. The van der Waals surface area contributed by atoms with E-state index in [0.717, 1.165) is 0 Å². The molecule has 1 aromatic carbocycles. The number of para-hydroxylation sites is 1. The number of carbonyl (C=O) groups excluding carboxylic acids is 1. The number of halogens is 2. The second kappa shape index (κ2) is 4.69. The van der Waals surface area contributed by atoms with E-state index in [-0.39, 0.29) is 11.5 Å². The normalized spacial score (nSPS) is 10.3. The van der Waals surface area contributed by atoms with Crippen LogP contribution in [0.1, 0.15) is 17.3 Å². The van der Waals surface area contributed by atoms with Gasteiger partial charge in [-0.2, -0.15) is 0 Å². The van der Waals surface area contributed by atoms with Crippen molar-refractivity contribution in [2.75, 3.05) is 6.61 Å². The topological polar surface area (TPSA) is 26.3 Å². The summed E-state index contributed by atoms with van der Waals surface area (Å²) < 4.78 is 28.5. The van der Waals surface area contributed by atoms with E-state index >= 15 is 0 Å². The predicted molar refractivity (Wildman–Crippen MR) is 47.9 cm³/mol. The Morgan fingerprint density at radius 1 is 1.43 bits per heavy atom. The van der Waals surface area contributed by atoms with Crippen LogP contribution in [0.4, 0.5) is 8.78 Å². The summed E-state index contributed by atoms with van der Waals surface area (Å²) in [5.74, 6) is 0.00941. The number of ether oxygens (including phenoxy) is 1. The van der Waals surface area contributed by atoms with Crippen LogP contribution in [0.15, 0.2) is 24.3 Å². The number of rotatable bonds is 4. The van der Waals surface area contributed by atoms with Crippen molar-refractivity contribution in [3.63, 3.8) is 0 Å². The SMILES string of the molecule is CC(=O)c1ccccc1OCC(F)F. The van der Waals surface area contributed by atoms with Crippen LogP contribution in [-0.4, -0.2) is 18.8 Å². The van der Waals surface area contributed by atoms with Gasteiger partial charge in [0.05, 0.1) is 5.56 Å². The van der Waals surface area contributed by atoms with Gasteiger partial charge in [-0.1, -0.05) is 12.1 Å². The molecule has 0 aliphatic carbocycles. The Kier molecular flexibility index (Phi) is 3.56. The summed E-state index contributed by atoms with van der Waals surface area (Å²) in [6.45, 7) is 0.675. The highest BCUT2D eigenvalue weighted by molar-refractivity contribution is 5.96. The van der Waals surface area contributed by atoms with Gasteiger partial charge in [-0.15, -0.1) is 0 Å². The van der Waals surface area contributed by atoms with E-state index in [9.17, 15) is 13.6 Å². The monoisotopic (exact) mass is 200 g/mol. The van der Waals surface area contributed by atoms with Crippen molar-refractivity contribution >= 4 is 5.78 Å². The second-order valence-corrected chi connectivity index (χ2v) is 2.75. The zero-order chi connectivity index (χ0) is 10.6. The lowest BCUT2D eigenvalue weighted by atomic mass is 10.1. The molecule has 0 amide bonds. The highest BCUT2D eigenvalue weighted by Gasteiger charge is 2.09. The number of hydrogen-bond donors (Lipinski definition) is 0. The van der Waals surface area contributed by atoms with E-state index < -0.39 is 13.0 Å². The van der Waals surface area contributed by atoms with E-state index in [2.05, 4.69) is 0 Å². The molecule has 0 saturated carbocycles. The zero-order valence-corrected chi connectivity index (χ0v) is 7.67. The Bertz CT molecular complexity index is 324. The molecule has 76 valence electrons. The molecular weight excluding hydrogens is 190 g/mol. The van der Waals surface area contributed by atoms with Crippen LogP contribution in [0, 0.1) is 0 Å². The van der Waals surface area contributed by atoms with Gasteiger partial charge >= 0.3 is 0 Å². The third-order valence-corrected chi connectivity index (χ3v) is 1.63. The maximum atomic E-state index is 11.8. The first-order chi connectivity index (χ1) is 6.61. The fourth-order valence-electron chi connectivity index (χ4n) is 1.04. The molecule has 0 aromatic heterocycles. The molecule has 0 spiro atoms. The van der Waals surface area contributed by atoms with Crippen LogP contribution in [0.25, 0.3) is 0 Å². The molecule has 0 saturated heterocycles. The minimum atomic E-state index is -2.53. The van der Waals surface area contributed by atoms with Gasteiger partial charge in [0, 0.05) is 0 Å². The van der Waals surface area contributed by atoms with Gasteiger partial charge in [-0.05, 0) is 19.1 Å². The van der Waals surface area contributed by atoms with E-state index in [4.69, 9.17) is 4.74 Å². The largest absolute Gasteiger partial charge is 0.487 e. The zero-order valence-electron chi connectivity index (χ0n) is 7.67. The quantitative estimate of drug-likeness (QED) is 0.698. The van der Waals surface area contributed by atoms with Gasteiger partial charge in [0.2, 0.25) is 0 Å². The minimum Gasteiger partial charge on any atom is -0.487 e. The number of hydrogen-bond acceptors (Lipinski definition) is 2. The molecule has 0 atom stereocenters. The molecule has 14 heavy (non-hydrogen) atoms. The lowest BCUT2D eigenvalue weighted by Gasteiger charge is -2.08. The fraction of sp³-hybridized carbons (Fsp3) is 0.300. The average Bonchev–Trinajstić information content (AvgIpc) is 2.15. The Balaban J connectivity index is 2.79. The maximum Gasteiger partial charge on any atom is 0.272 e. The number of Topliss-reactive ketones (excluding diaryl/α,β-unsaturated/α-hetero) is 1. The molecule has 0 aliphatic heterocycles. The van der Waals surface area contributed by atoms with Gasteiger partial charge in [0.15, 0.2) is 5.78 Å². The molecule has 0 fully saturated rings. The first kappa shape index (κ1) is 10.6. The Morgan fingerprint density at radius 2 is 2.07 bits per heavy atom. The number of benzene rings is 1. The molecule has 1 rings (SSSR count). The van der Waals surface area contributed by atoms with Crippen LogP contribution < -0.4 is 4.74 Å². The summed E-state index contributed by atoms with van der Waals surface area (Å²) in [6.07, 6.45) is -2.53. The van der Waals surface area contributed by atoms with Gasteiger partial charge in [-0.3, -0.25) is 4.79 Å². The second-order valence-electron chi connectivity index (χ2n) is 2.75. The highest BCUT2D eigenvalue weighted by Crippen LogP contribution is 2.18. The number of ketones is 1. The average molecular weight is 200 g/mol. The molecular formula is C10H10F2O2. The van der Waals surface area contributed by atoms with Crippen LogP contribution >= 0.6 is 0 Å². The predicted octanol–water partition coefficient (Wildman–Crippen LogP) is 2.53. The number of alkyl halides is 2. The van der Waals surface area contributed by atoms with E-state index in [1.165, 1.54) is 13.0 Å². The van der Waals surface area contributed by atoms with Crippen molar-refractivity contribution in [2.24, 2.45) is 0 Å².